The predicted molar refractivity (Wildman–Crippen MR) is 107 cm³/mol. The minimum absolute atomic E-state index is 0.123. The number of rotatable bonds is 5. The van der Waals surface area contributed by atoms with Crippen molar-refractivity contribution >= 4 is 52.3 Å². The number of nitrogens with zero attached hydrogens (tertiary/aromatic N) is 2. The quantitative estimate of drug-likeness (QED) is 0.352. The number of ether oxygens (including phenoxy) is 1. The molecule has 1 aliphatic heterocycles. The molecule has 138 valence electrons. The fourth-order valence-corrected chi connectivity index (χ4v) is 3.01. The van der Waals surface area contributed by atoms with Crippen LogP contribution in [-0.2, 0) is 4.79 Å². The highest BCUT2D eigenvalue weighted by atomic mass is 35.5. The number of halogens is 1. The van der Waals surface area contributed by atoms with Crippen LogP contribution in [-0.4, -0.2) is 22.5 Å². The number of hydrogen-bond acceptors (Lipinski definition) is 5. The third-order valence-electron chi connectivity index (χ3n) is 3.77. The van der Waals surface area contributed by atoms with Crippen LogP contribution in [0.25, 0.3) is 6.08 Å². The highest BCUT2D eigenvalue weighted by Crippen LogP contribution is 2.28. The summed E-state index contributed by atoms with van der Waals surface area (Å²) in [5.74, 6) is 0.303. The first-order chi connectivity index (χ1) is 12.9. The fraction of sp³-hybridized carbons (Fsp3) is 0.111. The Morgan fingerprint density at radius 2 is 2.00 bits per heavy atom. The third-order valence-corrected chi connectivity index (χ3v) is 4.40. The van der Waals surface area contributed by atoms with Crippen LogP contribution < -0.4 is 15.0 Å². The van der Waals surface area contributed by atoms with Crippen LogP contribution in [0.15, 0.2) is 48.2 Å². The van der Waals surface area contributed by atoms with Gasteiger partial charge in [0.1, 0.15) is 11.4 Å². The summed E-state index contributed by atoms with van der Waals surface area (Å²) in [6, 6.07) is 10.9. The molecule has 3 rings (SSSR count). The van der Waals surface area contributed by atoms with E-state index in [4.69, 9.17) is 28.6 Å². The van der Waals surface area contributed by atoms with Gasteiger partial charge in [0.25, 0.3) is 11.6 Å². The first-order valence-corrected chi connectivity index (χ1v) is 8.73. The largest absolute Gasteiger partial charge is 0.494 e. The van der Waals surface area contributed by atoms with E-state index in [1.165, 1.54) is 29.2 Å². The monoisotopic (exact) mass is 403 g/mol. The smallest absolute Gasteiger partial charge is 0.281 e. The molecule has 2 aromatic carbocycles. The number of nitro benzene ring substituents is 1. The highest BCUT2D eigenvalue weighted by Gasteiger charge is 2.32. The molecule has 1 saturated heterocycles. The SMILES string of the molecule is CCOc1ccc(N2C(=O)/C(=C\c3cc([N+](=O)[O-])ccc3Cl)NC2=S)cc1. The second-order valence-electron chi connectivity index (χ2n) is 5.52. The Labute approximate surface area is 165 Å². The fourth-order valence-electron chi connectivity index (χ4n) is 2.54. The zero-order valence-electron chi connectivity index (χ0n) is 14.1. The van der Waals surface area contributed by atoms with Crippen molar-refractivity contribution in [1.82, 2.24) is 5.32 Å². The zero-order chi connectivity index (χ0) is 19.6. The van der Waals surface area contributed by atoms with Gasteiger partial charge in [0.2, 0.25) is 0 Å². The summed E-state index contributed by atoms with van der Waals surface area (Å²) in [5.41, 5.74) is 0.978. The van der Waals surface area contributed by atoms with Gasteiger partial charge < -0.3 is 10.1 Å². The van der Waals surface area contributed by atoms with E-state index < -0.39 is 4.92 Å². The van der Waals surface area contributed by atoms with E-state index in [-0.39, 0.29) is 27.4 Å². The van der Waals surface area contributed by atoms with Crippen molar-refractivity contribution in [3.8, 4) is 5.75 Å². The van der Waals surface area contributed by atoms with Crippen LogP contribution in [0.2, 0.25) is 5.02 Å². The van der Waals surface area contributed by atoms with E-state index in [0.29, 0.717) is 23.6 Å². The molecule has 0 bridgehead atoms. The van der Waals surface area contributed by atoms with Gasteiger partial charge in [-0.1, -0.05) is 11.6 Å². The first kappa shape index (κ1) is 18.8. The van der Waals surface area contributed by atoms with E-state index in [2.05, 4.69) is 5.32 Å². The Morgan fingerprint density at radius 3 is 2.63 bits per heavy atom. The topological polar surface area (TPSA) is 84.7 Å². The molecule has 0 spiro atoms. The molecule has 0 atom stereocenters. The van der Waals surface area contributed by atoms with Crippen molar-refractivity contribution in [3.63, 3.8) is 0 Å². The molecular formula is C18H14ClN3O4S. The van der Waals surface area contributed by atoms with Crippen LogP contribution in [0, 0.1) is 10.1 Å². The molecule has 1 aliphatic rings. The minimum atomic E-state index is -0.529. The number of nitrogens with one attached hydrogen (secondary N) is 1. The Kier molecular flexibility index (Phi) is 5.38. The lowest BCUT2D eigenvalue weighted by atomic mass is 10.1. The Bertz CT molecular complexity index is 960. The van der Waals surface area contributed by atoms with Gasteiger partial charge in [-0.05, 0) is 55.5 Å². The van der Waals surface area contributed by atoms with E-state index in [1.54, 1.807) is 24.3 Å². The van der Waals surface area contributed by atoms with Crippen molar-refractivity contribution in [2.75, 3.05) is 11.5 Å². The van der Waals surface area contributed by atoms with Crippen LogP contribution in [0.4, 0.5) is 11.4 Å². The molecule has 0 aromatic heterocycles. The summed E-state index contributed by atoms with van der Waals surface area (Å²) in [6.07, 6.45) is 1.44. The van der Waals surface area contributed by atoms with E-state index in [1.807, 2.05) is 6.92 Å². The van der Waals surface area contributed by atoms with Gasteiger partial charge in [0.15, 0.2) is 5.11 Å². The van der Waals surface area contributed by atoms with Gasteiger partial charge in [0, 0.05) is 22.7 Å². The highest BCUT2D eigenvalue weighted by molar-refractivity contribution is 7.80. The lowest BCUT2D eigenvalue weighted by Crippen LogP contribution is -2.30. The maximum atomic E-state index is 12.8. The molecule has 2 aromatic rings. The first-order valence-electron chi connectivity index (χ1n) is 7.94. The van der Waals surface area contributed by atoms with Crippen LogP contribution in [0.3, 0.4) is 0 Å². The maximum absolute atomic E-state index is 12.8. The number of nitro groups is 1. The lowest BCUT2D eigenvalue weighted by molar-refractivity contribution is -0.384. The van der Waals surface area contributed by atoms with Crippen LogP contribution >= 0.6 is 23.8 Å². The van der Waals surface area contributed by atoms with Gasteiger partial charge in [-0.2, -0.15) is 0 Å². The summed E-state index contributed by atoms with van der Waals surface area (Å²) in [5, 5.41) is 14.3. The van der Waals surface area contributed by atoms with Crippen molar-refractivity contribution < 1.29 is 14.5 Å². The molecule has 7 nitrogen and oxygen atoms in total. The van der Waals surface area contributed by atoms with Crippen molar-refractivity contribution in [2.24, 2.45) is 0 Å². The molecule has 1 fully saturated rings. The number of amides is 1. The van der Waals surface area contributed by atoms with Crippen molar-refractivity contribution in [2.45, 2.75) is 6.92 Å². The lowest BCUT2D eigenvalue weighted by Gasteiger charge is -2.14. The van der Waals surface area contributed by atoms with Gasteiger partial charge in [0.05, 0.1) is 17.2 Å². The molecule has 0 radical (unpaired) electrons. The summed E-state index contributed by atoms with van der Waals surface area (Å²) in [4.78, 5) is 24.5. The third kappa shape index (κ3) is 3.91. The Balaban J connectivity index is 1.91. The number of hydrogen-bond donors (Lipinski definition) is 1. The number of thiocarbonyl (C=S) groups is 1. The number of non-ortho nitro benzene ring substituents is 1. The normalized spacial score (nSPS) is 15.2. The molecule has 1 N–H and O–H groups in total. The van der Waals surface area contributed by atoms with E-state index >= 15 is 0 Å². The average molecular weight is 404 g/mol. The van der Waals surface area contributed by atoms with Crippen molar-refractivity contribution in [3.05, 3.63) is 68.9 Å². The number of carbonyl (C=O) groups excluding carboxylic acids is 1. The Morgan fingerprint density at radius 1 is 1.30 bits per heavy atom. The minimum Gasteiger partial charge on any atom is -0.494 e. The molecule has 0 aliphatic carbocycles. The van der Waals surface area contributed by atoms with Gasteiger partial charge >= 0.3 is 0 Å². The van der Waals surface area contributed by atoms with E-state index in [9.17, 15) is 14.9 Å². The second-order valence-corrected chi connectivity index (χ2v) is 6.31. The molecule has 0 saturated carbocycles. The standard InChI is InChI=1S/C18H14ClN3O4S/c1-2-26-14-6-3-12(4-7-14)21-17(23)16(20-18(21)27)10-11-9-13(22(24)25)5-8-15(11)19/h3-10H,2H2,1H3,(H,20,27)/b16-10+. The maximum Gasteiger partial charge on any atom is 0.281 e. The van der Waals surface area contributed by atoms with Gasteiger partial charge in [-0.15, -0.1) is 0 Å². The van der Waals surface area contributed by atoms with Gasteiger partial charge in [-0.25, -0.2) is 0 Å². The molecule has 9 heteroatoms. The molecule has 27 heavy (non-hydrogen) atoms. The Hall–Kier alpha value is -2.97. The molecule has 1 heterocycles. The summed E-state index contributed by atoms with van der Waals surface area (Å²) in [7, 11) is 0. The molecule has 0 unspecified atom stereocenters. The van der Waals surface area contributed by atoms with Crippen LogP contribution in [0.1, 0.15) is 12.5 Å². The predicted octanol–water partition coefficient (Wildman–Crippen LogP) is 3.91. The summed E-state index contributed by atoms with van der Waals surface area (Å²) in [6.45, 7) is 2.42. The molecule has 1 amide bonds. The van der Waals surface area contributed by atoms with Crippen molar-refractivity contribution in [1.29, 1.82) is 0 Å². The number of carbonyl (C=O) groups is 1. The average Bonchev–Trinajstić information content (AvgIpc) is 2.91. The molecular weight excluding hydrogens is 390 g/mol. The second kappa shape index (κ2) is 7.73. The summed E-state index contributed by atoms with van der Waals surface area (Å²) < 4.78 is 5.39. The van der Waals surface area contributed by atoms with Gasteiger partial charge in [-0.3, -0.25) is 19.8 Å². The number of anilines is 1. The van der Waals surface area contributed by atoms with Crippen LogP contribution in [0.5, 0.6) is 5.75 Å². The zero-order valence-corrected chi connectivity index (χ0v) is 15.7. The van der Waals surface area contributed by atoms with E-state index in [0.717, 1.165) is 0 Å². The number of benzene rings is 2. The summed E-state index contributed by atoms with van der Waals surface area (Å²) >= 11 is 11.4.